The minimum Gasteiger partial charge on any atom is 1.00 e. The Kier molecular flexibility index (Phi) is 21.2. The van der Waals surface area contributed by atoms with Gasteiger partial charge in [0.15, 0.2) is 0 Å². The van der Waals surface area contributed by atoms with E-state index in [9.17, 15) is 0 Å². The van der Waals surface area contributed by atoms with E-state index in [1.165, 1.54) is 44.5 Å². The number of benzene rings is 3. The summed E-state index contributed by atoms with van der Waals surface area (Å²) in [7, 11) is 0.750. The van der Waals surface area contributed by atoms with E-state index >= 15 is 0 Å². The molecule has 0 N–H and O–H groups in total. The van der Waals surface area contributed by atoms with Crippen LogP contribution < -0.4 is 49.4 Å². The normalized spacial score (nSPS) is 16.3. The number of aryl methyl sites for hydroxylation is 2. The first-order valence-corrected chi connectivity index (χ1v) is 27.3. The third-order valence-electron chi connectivity index (χ3n) is 12.6. The van der Waals surface area contributed by atoms with Crippen molar-refractivity contribution >= 4 is 70.9 Å². The zero-order valence-corrected chi connectivity index (χ0v) is 47.4. The average molecular weight is 1190 g/mol. The number of nitrogens with zero attached hydrogens (tertiary/aromatic N) is 9. The summed E-state index contributed by atoms with van der Waals surface area (Å²) in [5.74, 6) is 3.04. The molecule has 0 spiro atoms. The molecule has 0 bridgehead atoms. The van der Waals surface area contributed by atoms with Crippen molar-refractivity contribution in [3.05, 3.63) is 175 Å². The zero-order valence-electron chi connectivity index (χ0n) is 40.7. The molecule has 6 aromatic rings. The van der Waals surface area contributed by atoms with Gasteiger partial charge in [0.2, 0.25) is 0 Å². The van der Waals surface area contributed by atoms with Gasteiger partial charge < -0.3 is 34.0 Å². The van der Waals surface area contributed by atoms with Gasteiger partial charge in [0.1, 0.15) is 17.5 Å². The van der Waals surface area contributed by atoms with Crippen LogP contribution >= 0.6 is 36.3 Å². The second kappa shape index (κ2) is 27.4. The minimum atomic E-state index is 0. The van der Waals surface area contributed by atoms with E-state index in [1.54, 1.807) is 20.3 Å². The van der Waals surface area contributed by atoms with E-state index < -0.39 is 0 Å². The molecule has 3 saturated heterocycles. The Balaban J connectivity index is 0.000000150. The molecule has 9 heterocycles. The molecule has 17 heteroatoms. The fraction of sp³-hybridized carbons (Fsp3) is 0.333. The first-order chi connectivity index (χ1) is 34.4. The average Bonchev–Trinajstić information content (AvgIpc) is 4.18. The molecule has 6 aliphatic rings. The van der Waals surface area contributed by atoms with Gasteiger partial charge in [-0.1, -0.05) is 69.5 Å². The Hall–Kier alpha value is -3.91. The molecule has 368 valence electrons. The second-order valence-corrected chi connectivity index (χ2v) is 18.0. The van der Waals surface area contributed by atoms with Gasteiger partial charge in [-0.05, 0) is 79.1 Å². The molecule has 0 atom stereocenters. The van der Waals surface area contributed by atoms with E-state index in [4.69, 9.17) is 34.3 Å². The third kappa shape index (κ3) is 13.8. The predicted octanol–water partition coefficient (Wildman–Crippen LogP) is 5.05. The molecule has 12 rings (SSSR count). The van der Waals surface area contributed by atoms with Gasteiger partial charge in [-0.25, -0.2) is 15.0 Å². The summed E-state index contributed by atoms with van der Waals surface area (Å²) < 4.78 is 17.3. The van der Waals surface area contributed by atoms with Crippen LogP contribution in [-0.2, 0) is 46.6 Å². The standard InChI is InChI=1S/2C18H19N3O.C17H16BrN3O.CH3O.Cu.HI.Na/c2*1-13-2-3-16-15(10-13)12-20-18(16)14-4-5-19-17(11-14)21-6-8-22-9-7-21;18-14-1-2-15-13(9-14)11-20-17(15)12-3-4-19-16(10-12)21-5-7-22-8-6-21;1-2;;;/h2*2-5,10-11H,6-9,12H2,1H3;1-4,9-10H,5-8,11H2;1H3;;1H;/q;;;-1;+1;;+1/p-1. The van der Waals surface area contributed by atoms with E-state index in [-0.39, 0.29) is 29.6 Å². The van der Waals surface area contributed by atoms with Gasteiger partial charge in [-0.15, -0.1) is 0 Å². The number of anilines is 3. The minimum absolute atomic E-state index is 0. The summed E-state index contributed by atoms with van der Waals surface area (Å²) in [4.78, 5) is 34.6. The van der Waals surface area contributed by atoms with Crippen LogP contribution in [0.15, 0.2) is 129 Å². The smallest absolute Gasteiger partial charge is 1.00 e. The quantitative estimate of drug-likeness (QED) is 0.165. The topological polar surface area (TPSA) is 136 Å². The number of halogens is 2. The first-order valence-electron chi connectivity index (χ1n) is 23.4. The van der Waals surface area contributed by atoms with E-state index in [1.807, 2.05) is 24.7 Å². The van der Waals surface area contributed by atoms with Crippen molar-refractivity contribution in [1.29, 1.82) is 0 Å². The molecule has 0 amide bonds. The molecule has 0 unspecified atom stereocenters. The maximum atomic E-state index is 8.25. The SMILES string of the molecule is Brc1ccc2c(c1)CN=C2c1ccnc(N2CCOCC2)c1.C[O-].Cc1ccc2c(c1)CN=C2c1ccnc(N2CCOCC2)c1.Cc1ccc2c(c1)CN=C2c1ccnc(N2CCOCC2)c1.[Cu][I].[Na+]. The summed E-state index contributed by atoms with van der Waals surface area (Å²) in [6.07, 6.45) is 5.64. The molecular formula is C54H57BrCuIN9NaO4. The van der Waals surface area contributed by atoms with Crippen LogP contribution in [0, 0.1) is 13.8 Å². The Morgan fingerprint density at radius 1 is 0.465 bits per heavy atom. The van der Waals surface area contributed by atoms with Crippen molar-refractivity contribution in [1.82, 2.24) is 15.0 Å². The number of hydrogen-bond acceptors (Lipinski definition) is 13. The van der Waals surface area contributed by atoms with Gasteiger partial charge >= 0.3 is 62.7 Å². The fourth-order valence-corrected chi connectivity index (χ4v) is 9.58. The summed E-state index contributed by atoms with van der Waals surface area (Å²) in [6.45, 7) is 16.6. The second-order valence-electron chi connectivity index (χ2n) is 17.1. The maximum Gasteiger partial charge on any atom is 1.00 e. The number of morpholine rings is 3. The molecular weight excluding hydrogens is 1130 g/mol. The Morgan fingerprint density at radius 2 is 0.775 bits per heavy atom. The number of ether oxygens (including phenoxy) is 3. The van der Waals surface area contributed by atoms with Crippen molar-refractivity contribution in [2.24, 2.45) is 15.0 Å². The summed E-state index contributed by atoms with van der Waals surface area (Å²) >= 11 is 9.40. The summed E-state index contributed by atoms with van der Waals surface area (Å²) in [6, 6.07) is 32.1. The van der Waals surface area contributed by atoms with Crippen LogP contribution in [0.2, 0.25) is 0 Å². The van der Waals surface area contributed by atoms with Gasteiger partial charge in [-0.3, -0.25) is 15.0 Å². The number of fused-ring (bicyclic) bond motifs is 3. The van der Waals surface area contributed by atoms with Crippen LogP contribution in [0.1, 0.15) is 61.2 Å². The van der Waals surface area contributed by atoms with Crippen molar-refractivity contribution in [3.8, 4) is 0 Å². The molecule has 0 aliphatic carbocycles. The number of rotatable bonds is 6. The Labute approximate surface area is 467 Å². The molecule has 6 aliphatic heterocycles. The number of aliphatic imine (C=N–C) groups is 3. The monoisotopic (exact) mass is 1190 g/mol. The van der Waals surface area contributed by atoms with Crippen LogP contribution in [-0.4, -0.2) is 118 Å². The molecule has 0 saturated carbocycles. The number of pyridine rings is 3. The van der Waals surface area contributed by atoms with Crippen molar-refractivity contribution in [2.45, 2.75) is 33.5 Å². The summed E-state index contributed by atoms with van der Waals surface area (Å²) in [5.41, 5.74) is 16.9. The van der Waals surface area contributed by atoms with Crippen LogP contribution in [0.3, 0.4) is 0 Å². The van der Waals surface area contributed by atoms with Gasteiger partial charge in [0.05, 0.1) is 76.4 Å². The Bertz CT molecular complexity index is 2530. The van der Waals surface area contributed by atoms with Crippen LogP contribution in [0.25, 0.3) is 0 Å². The summed E-state index contributed by atoms with van der Waals surface area (Å²) in [5, 5.41) is 8.25. The third-order valence-corrected chi connectivity index (χ3v) is 13.1. The largest absolute Gasteiger partial charge is 1.00 e. The molecule has 71 heavy (non-hydrogen) atoms. The number of aromatic nitrogens is 3. The first kappa shape index (κ1) is 54.9. The predicted molar refractivity (Wildman–Crippen MR) is 286 cm³/mol. The fourth-order valence-electron chi connectivity index (χ4n) is 9.17. The van der Waals surface area contributed by atoms with E-state index in [2.05, 4.69) is 157 Å². The Morgan fingerprint density at radius 3 is 1.11 bits per heavy atom. The molecule has 3 fully saturated rings. The van der Waals surface area contributed by atoms with E-state index in [0.717, 1.165) is 161 Å². The zero-order chi connectivity index (χ0) is 48.8. The molecule has 3 aromatic carbocycles. The van der Waals surface area contributed by atoms with Gasteiger partial charge in [0.25, 0.3) is 0 Å². The molecule has 13 nitrogen and oxygen atoms in total. The molecule has 3 aromatic heterocycles. The van der Waals surface area contributed by atoms with Crippen LogP contribution in [0.4, 0.5) is 17.5 Å². The van der Waals surface area contributed by atoms with Gasteiger partial charge in [0, 0.05) is 95.7 Å². The van der Waals surface area contributed by atoms with Crippen molar-refractivity contribution in [3.63, 3.8) is 0 Å². The van der Waals surface area contributed by atoms with Gasteiger partial charge in [-0.2, -0.15) is 7.11 Å². The van der Waals surface area contributed by atoms with Crippen LogP contribution in [0.5, 0.6) is 0 Å². The maximum absolute atomic E-state index is 8.25. The van der Waals surface area contributed by atoms with Crippen molar-refractivity contribution < 1.29 is 61.6 Å². The van der Waals surface area contributed by atoms with Crippen molar-refractivity contribution in [2.75, 3.05) is 101 Å². The number of hydrogen-bond donors (Lipinski definition) is 0. The molecule has 0 radical (unpaired) electrons. The van der Waals surface area contributed by atoms with E-state index in [0.29, 0.717) is 0 Å².